The van der Waals surface area contributed by atoms with Gasteiger partial charge in [0.15, 0.2) is 0 Å². The maximum atomic E-state index is 11.6. The van der Waals surface area contributed by atoms with Crippen LogP contribution >= 0.6 is 34.8 Å². The van der Waals surface area contributed by atoms with Gasteiger partial charge in [-0.15, -0.1) is 0 Å². The molecular formula is C18H12Cl3NO2. The van der Waals surface area contributed by atoms with Gasteiger partial charge in [0.1, 0.15) is 0 Å². The summed E-state index contributed by atoms with van der Waals surface area (Å²) in [6.45, 7) is 1.76. The molecule has 0 bridgehead atoms. The summed E-state index contributed by atoms with van der Waals surface area (Å²) in [7, 11) is 0. The minimum atomic E-state index is -0.994. The second kappa shape index (κ2) is 6.52. The lowest BCUT2D eigenvalue weighted by Gasteiger charge is -2.13. The fourth-order valence-corrected chi connectivity index (χ4v) is 3.27. The van der Waals surface area contributed by atoms with E-state index in [0.717, 1.165) is 5.69 Å². The predicted molar refractivity (Wildman–Crippen MR) is 97.9 cm³/mol. The Morgan fingerprint density at radius 1 is 0.958 bits per heavy atom. The van der Waals surface area contributed by atoms with Gasteiger partial charge < -0.3 is 9.67 Å². The van der Waals surface area contributed by atoms with Gasteiger partial charge in [0.25, 0.3) is 0 Å². The van der Waals surface area contributed by atoms with Crippen LogP contribution in [0.3, 0.4) is 0 Å². The molecule has 0 atom stereocenters. The molecule has 0 radical (unpaired) electrons. The van der Waals surface area contributed by atoms with Crippen molar-refractivity contribution in [3.63, 3.8) is 0 Å². The molecule has 24 heavy (non-hydrogen) atoms. The lowest BCUT2D eigenvalue weighted by Crippen LogP contribution is -2.02. The average molecular weight is 381 g/mol. The number of aromatic carboxylic acids is 1. The zero-order valence-electron chi connectivity index (χ0n) is 12.6. The quantitative estimate of drug-likeness (QED) is 0.595. The summed E-state index contributed by atoms with van der Waals surface area (Å²) in [4.78, 5) is 11.6. The lowest BCUT2D eigenvalue weighted by molar-refractivity contribution is 0.0696. The zero-order chi connectivity index (χ0) is 17.4. The molecule has 0 aliphatic rings. The molecule has 1 N–H and O–H groups in total. The molecule has 0 spiro atoms. The van der Waals surface area contributed by atoms with E-state index in [4.69, 9.17) is 34.8 Å². The van der Waals surface area contributed by atoms with Gasteiger partial charge in [0.05, 0.1) is 16.3 Å². The maximum Gasteiger partial charge on any atom is 0.337 e. The van der Waals surface area contributed by atoms with Gasteiger partial charge in [-0.2, -0.15) is 0 Å². The van der Waals surface area contributed by atoms with E-state index in [2.05, 4.69) is 0 Å². The van der Waals surface area contributed by atoms with Crippen LogP contribution in [0.25, 0.3) is 16.9 Å². The summed E-state index contributed by atoms with van der Waals surface area (Å²) in [6, 6.07) is 13.9. The van der Waals surface area contributed by atoms with E-state index in [-0.39, 0.29) is 5.56 Å². The number of nitrogens with zero attached hydrogens (tertiary/aromatic N) is 1. The van der Waals surface area contributed by atoms with E-state index in [1.165, 1.54) is 0 Å². The molecule has 0 saturated carbocycles. The monoisotopic (exact) mass is 379 g/mol. The third-order valence-electron chi connectivity index (χ3n) is 3.77. The number of hydrogen-bond acceptors (Lipinski definition) is 1. The molecule has 3 nitrogen and oxygen atoms in total. The van der Waals surface area contributed by atoms with Crippen LogP contribution in [0.4, 0.5) is 0 Å². The SMILES string of the molecule is Cc1c(C(=O)O)cc(-c2ccc(Cl)cc2Cl)n1-c1ccc(Cl)cc1. The molecule has 122 valence electrons. The number of benzene rings is 2. The smallest absolute Gasteiger partial charge is 0.337 e. The molecule has 0 aliphatic carbocycles. The first-order valence-electron chi connectivity index (χ1n) is 7.05. The van der Waals surface area contributed by atoms with E-state index >= 15 is 0 Å². The number of hydrogen-bond donors (Lipinski definition) is 1. The highest BCUT2D eigenvalue weighted by Gasteiger charge is 2.20. The minimum Gasteiger partial charge on any atom is -0.478 e. The Hall–Kier alpha value is -1.94. The van der Waals surface area contributed by atoms with Crippen LogP contribution < -0.4 is 0 Å². The van der Waals surface area contributed by atoms with E-state index in [9.17, 15) is 9.90 Å². The van der Waals surface area contributed by atoms with Crippen molar-refractivity contribution in [2.24, 2.45) is 0 Å². The third kappa shape index (κ3) is 3.03. The summed E-state index contributed by atoms with van der Waals surface area (Å²) < 4.78 is 1.84. The predicted octanol–water partition coefficient (Wildman–Crippen LogP) is 6.11. The molecule has 1 heterocycles. The van der Waals surface area contributed by atoms with Crippen LogP contribution in [0.1, 0.15) is 16.1 Å². The van der Waals surface area contributed by atoms with Gasteiger partial charge in [0.2, 0.25) is 0 Å². The fourth-order valence-electron chi connectivity index (χ4n) is 2.64. The molecule has 3 aromatic rings. The molecule has 2 aromatic carbocycles. The summed E-state index contributed by atoms with van der Waals surface area (Å²) >= 11 is 18.2. The van der Waals surface area contributed by atoms with Gasteiger partial charge in [-0.1, -0.05) is 34.8 Å². The van der Waals surface area contributed by atoms with Gasteiger partial charge >= 0.3 is 5.97 Å². The van der Waals surface area contributed by atoms with Crippen LogP contribution in [0, 0.1) is 6.92 Å². The number of rotatable bonds is 3. The number of aromatic nitrogens is 1. The van der Waals surface area contributed by atoms with Crippen LogP contribution in [0.2, 0.25) is 15.1 Å². The molecule has 0 unspecified atom stereocenters. The number of carbonyl (C=O) groups is 1. The largest absolute Gasteiger partial charge is 0.478 e. The Kier molecular flexibility index (Phi) is 4.59. The van der Waals surface area contributed by atoms with Crippen molar-refractivity contribution >= 4 is 40.8 Å². The van der Waals surface area contributed by atoms with E-state index in [1.807, 2.05) is 16.7 Å². The Morgan fingerprint density at radius 3 is 2.17 bits per heavy atom. The van der Waals surface area contributed by atoms with Crippen LogP contribution in [0.5, 0.6) is 0 Å². The van der Waals surface area contributed by atoms with E-state index in [1.54, 1.807) is 43.3 Å². The van der Waals surface area contributed by atoms with Gasteiger partial charge in [0, 0.05) is 27.0 Å². The fraction of sp³-hybridized carbons (Fsp3) is 0.0556. The molecule has 3 rings (SSSR count). The number of halogens is 3. The standard InChI is InChI=1S/C18H12Cl3NO2/c1-10-15(18(23)24)9-17(14-7-4-12(20)8-16(14)21)22(10)13-5-2-11(19)3-6-13/h2-9H,1H3,(H,23,24). The first kappa shape index (κ1) is 16.9. The number of carboxylic acids is 1. The van der Waals surface area contributed by atoms with Crippen molar-refractivity contribution in [1.29, 1.82) is 0 Å². The van der Waals surface area contributed by atoms with Crippen molar-refractivity contribution in [3.05, 3.63) is 74.9 Å². The summed E-state index contributed by atoms with van der Waals surface area (Å²) in [5.41, 5.74) is 2.99. The first-order valence-corrected chi connectivity index (χ1v) is 8.19. The molecule has 0 amide bonds. The highest BCUT2D eigenvalue weighted by molar-refractivity contribution is 6.36. The van der Waals surface area contributed by atoms with E-state index in [0.29, 0.717) is 32.0 Å². The van der Waals surface area contributed by atoms with Crippen molar-refractivity contribution in [2.45, 2.75) is 6.92 Å². The summed E-state index contributed by atoms with van der Waals surface area (Å²) in [5, 5.41) is 11.0. The van der Waals surface area contributed by atoms with Gasteiger partial charge in [-0.25, -0.2) is 4.79 Å². The van der Waals surface area contributed by atoms with Crippen LogP contribution in [0.15, 0.2) is 48.5 Å². The highest BCUT2D eigenvalue weighted by atomic mass is 35.5. The summed E-state index contributed by atoms with van der Waals surface area (Å²) in [6.07, 6.45) is 0. The molecule has 0 fully saturated rings. The van der Waals surface area contributed by atoms with Crippen LogP contribution in [-0.4, -0.2) is 15.6 Å². The topological polar surface area (TPSA) is 42.2 Å². The van der Waals surface area contributed by atoms with Crippen LogP contribution in [-0.2, 0) is 0 Å². The third-order valence-corrected chi connectivity index (χ3v) is 4.57. The minimum absolute atomic E-state index is 0.214. The van der Waals surface area contributed by atoms with Gasteiger partial charge in [-0.05, 0) is 55.5 Å². The molecule has 0 saturated heterocycles. The molecular weight excluding hydrogens is 369 g/mol. The van der Waals surface area contributed by atoms with E-state index < -0.39 is 5.97 Å². The second-order valence-electron chi connectivity index (χ2n) is 5.27. The average Bonchev–Trinajstić information content (AvgIpc) is 2.86. The second-order valence-corrected chi connectivity index (χ2v) is 6.55. The summed E-state index contributed by atoms with van der Waals surface area (Å²) in [5.74, 6) is -0.994. The maximum absolute atomic E-state index is 11.6. The first-order chi connectivity index (χ1) is 11.4. The Morgan fingerprint density at radius 2 is 1.58 bits per heavy atom. The van der Waals surface area contributed by atoms with Crippen molar-refractivity contribution in [3.8, 4) is 16.9 Å². The van der Waals surface area contributed by atoms with Crippen molar-refractivity contribution < 1.29 is 9.90 Å². The molecule has 6 heteroatoms. The number of carboxylic acid groups (broad SMARTS) is 1. The Bertz CT molecular complexity index is 930. The lowest BCUT2D eigenvalue weighted by atomic mass is 10.1. The Labute approximate surface area is 154 Å². The highest BCUT2D eigenvalue weighted by Crippen LogP contribution is 2.35. The van der Waals surface area contributed by atoms with Crippen molar-refractivity contribution in [1.82, 2.24) is 4.57 Å². The zero-order valence-corrected chi connectivity index (χ0v) is 14.8. The van der Waals surface area contributed by atoms with Crippen molar-refractivity contribution in [2.75, 3.05) is 0 Å². The molecule has 0 aliphatic heterocycles. The molecule has 1 aromatic heterocycles. The normalized spacial score (nSPS) is 10.8. The Balaban J connectivity index is 2.30. The van der Waals surface area contributed by atoms with Gasteiger partial charge in [-0.3, -0.25) is 0 Å².